The first-order valence-electron chi connectivity index (χ1n) is 6.58. The quantitative estimate of drug-likeness (QED) is 0.794. The Hall–Kier alpha value is -1.22. The molecule has 0 fully saturated rings. The summed E-state index contributed by atoms with van der Waals surface area (Å²) in [6.45, 7) is 2.43. The van der Waals surface area contributed by atoms with Crippen LogP contribution in [0.5, 0.6) is 0 Å². The van der Waals surface area contributed by atoms with Gasteiger partial charge in [-0.1, -0.05) is 13.0 Å². The van der Waals surface area contributed by atoms with Crippen LogP contribution in [0.3, 0.4) is 0 Å². The van der Waals surface area contributed by atoms with Crippen LogP contribution in [0.4, 0.5) is 0 Å². The van der Waals surface area contributed by atoms with Crippen molar-refractivity contribution in [2.45, 2.75) is 23.3 Å². The number of hydrogen-bond acceptors (Lipinski definition) is 5. The third-order valence-electron chi connectivity index (χ3n) is 3.15. The van der Waals surface area contributed by atoms with Gasteiger partial charge in [-0.25, -0.2) is 16.8 Å². The summed E-state index contributed by atoms with van der Waals surface area (Å²) in [7, 11) is -6.98. The van der Waals surface area contributed by atoms with E-state index in [0.29, 0.717) is 13.1 Å². The van der Waals surface area contributed by atoms with Crippen LogP contribution in [0, 0.1) is 0 Å². The minimum absolute atomic E-state index is 0.0957. The molecular formula is C14H17NO4S3. The van der Waals surface area contributed by atoms with Gasteiger partial charge in [0.05, 0.1) is 9.79 Å². The van der Waals surface area contributed by atoms with E-state index in [2.05, 4.69) is 0 Å². The molecule has 5 nitrogen and oxygen atoms in total. The Morgan fingerprint density at radius 2 is 1.59 bits per heavy atom. The Kier molecular flexibility index (Phi) is 5.06. The standard InChI is InChI=1S/C14H17NO4S3/c1-3-15(11-12-5-4-10-20-12)22(18,19)14-8-6-13(7-9-14)21(2,16)17/h4-10H,3,11H2,1-2H3. The minimum atomic E-state index is -3.64. The Bertz CT molecular complexity index is 823. The van der Waals surface area contributed by atoms with Gasteiger partial charge >= 0.3 is 0 Å². The summed E-state index contributed by atoms with van der Waals surface area (Å²) in [5.74, 6) is 0. The molecule has 0 unspecified atom stereocenters. The predicted molar refractivity (Wildman–Crippen MR) is 87.1 cm³/mol. The molecule has 0 aliphatic heterocycles. The van der Waals surface area contributed by atoms with E-state index in [9.17, 15) is 16.8 Å². The van der Waals surface area contributed by atoms with Crippen LogP contribution in [-0.2, 0) is 26.4 Å². The van der Waals surface area contributed by atoms with Crippen LogP contribution in [0.2, 0.25) is 0 Å². The normalized spacial score (nSPS) is 12.7. The SMILES string of the molecule is CCN(Cc1cccs1)S(=O)(=O)c1ccc(S(C)(=O)=O)cc1. The van der Waals surface area contributed by atoms with E-state index in [1.54, 1.807) is 6.92 Å². The molecule has 0 bridgehead atoms. The maximum absolute atomic E-state index is 12.6. The molecule has 8 heteroatoms. The molecule has 2 aromatic rings. The summed E-state index contributed by atoms with van der Waals surface area (Å²) in [6, 6.07) is 9.07. The Morgan fingerprint density at radius 3 is 2.05 bits per heavy atom. The fraction of sp³-hybridized carbons (Fsp3) is 0.286. The van der Waals surface area contributed by atoms with E-state index in [0.717, 1.165) is 11.1 Å². The third kappa shape index (κ3) is 3.75. The topological polar surface area (TPSA) is 71.5 Å². The zero-order chi connectivity index (χ0) is 16.4. The van der Waals surface area contributed by atoms with Crippen molar-refractivity contribution in [3.8, 4) is 0 Å². The van der Waals surface area contributed by atoms with Gasteiger partial charge < -0.3 is 0 Å². The highest BCUT2D eigenvalue weighted by molar-refractivity contribution is 7.90. The summed E-state index contributed by atoms with van der Waals surface area (Å²) in [5, 5.41) is 1.90. The van der Waals surface area contributed by atoms with Gasteiger partial charge in [-0.15, -0.1) is 11.3 Å². The Balaban J connectivity index is 2.32. The zero-order valence-corrected chi connectivity index (χ0v) is 14.7. The smallest absolute Gasteiger partial charge is 0.224 e. The highest BCUT2D eigenvalue weighted by atomic mass is 32.2. The zero-order valence-electron chi connectivity index (χ0n) is 12.3. The Labute approximate surface area is 135 Å². The molecule has 1 aromatic carbocycles. The lowest BCUT2D eigenvalue weighted by Gasteiger charge is -2.20. The highest BCUT2D eigenvalue weighted by Crippen LogP contribution is 2.21. The van der Waals surface area contributed by atoms with E-state index >= 15 is 0 Å². The monoisotopic (exact) mass is 359 g/mol. The molecule has 1 heterocycles. The molecule has 0 saturated carbocycles. The average molecular weight is 359 g/mol. The summed E-state index contributed by atoms with van der Waals surface area (Å²) < 4.78 is 49.5. The van der Waals surface area contributed by atoms with Crippen molar-refractivity contribution in [1.29, 1.82) is 0 Å². The van der Waals surface area contributed by atoms with Crippen molar-refractivity contribution in [2.75, 3.05) is 12.8 Å². The third-order valence-corrected chi connectivity index (χ3v) is 7.08. The van der Waals surface area contributed by atoms with Gasteiger partial charge in [0.2, 0.25) is 10.0 Å². The van der Waals surface area contributed by atoms with E-state index < -0.39 is 19.9 Å². The van der Waals surface area contributed by atoms with E-state index in [1.807, 2.05) is 17.5 Å². The second kappa shape index (κ2) is 6.49. The van der Waals surface area contributed by atoms with Crippen LogP contribution < -0.4 is 0 Å². The van der Waals surface area contributed by atoms with Crippen molar-refractivity contribution in [3.63, 3.8) is 0 Å². The van der Waals surface area contributed by atoms with Crippen molar-refractivity contribution in [1.82, 2.24) is 4.31 Å². The summed E-state index contributed by atoms with van der Waals surface area (Å²) in [5.41, 5.74) is 0. The maximum Gasteiger partial charge on any atom is 0.243 e. The van der Waals surface area contributed by atoms with Crippen molar-refractivity contribution >= 4 is 31.2 Å². The average Bonchev–Trinajstić information content (AvgIpc) is 2.96. The van der Waals surface area contributed by atoms with Gasteiger partial charge in [0.25, 0.3) is 0 Å². The molecular weight excluding hydrogens is 342 g/mol. The summed E-state index contributed by atoms with van der Waals surface area (Å²) in [6.07, 6.45) is 1.09. The van der Waals surface area contributed by atoms with Crippen LogP contribution in [0.1, 0.15) is 11.8 Å². The molecule has 22 heavy (non-hydrogen) atoms. The van der Waals surface area contributed by atoms with Gasteiger partial charge in [0, 0.05) is 24.2 Å². The van der Waals surface area contributed by atoms with Crippen LogP contribution in [-0.4, -0.2) is 33.9 Å². The minimum Gasteiger partial charge on any atom is -0.224 e. The molecule has 1 aromatic heterocycles. The molecule has 0 aliphatic carbocycles. The molecule has 0 amide bonds. The second-order valence-electron chi connectivity index (χ2n) is 4.75. The fourth-order valence-electron chi connectivity index (χ4n) is 1.95. The van der Waals surface area contributed by atoms with Gasteiger partial charge in [0.15, 0.2) is 9.84 Å². The molecule has 120 valence electrons. The van der Waals surface area contributed by atoms with Crippen LogP contribution >= 0.6 is 11.3 Å². The van der Waals surface area contributed by atoms with Crippen molar-refractivity contribution in [2.24, 2.45) is 0 Å². The van der Waals surface area contributed by atoms with Crippen LogP contribution in [0.25, 0.3) is 0 Å². The number of hydrogen-bond donors (Lipinski definition) is 0. The fourth-order valence-corrected chi connectivity index (χ4v) is 4.81. The second-order valence-corrected chi connectivity index (χ2v) is 9.74. The number of rotatable bonds is 6. The van der Waals surface area contributed by atoms with Crippen molar-refractivity contribution in [3.05, 3.63) is 46.7 Å². The molecule has 2 rings (SSSR count). The summed E-state index contributed by atoms with van der Waals surface area (Å²) in [4.78, 5) is 1.16. The lowest BCUT2D eigenvalue weighted by atomic mass is 10.4. The largest absolute Gasteiger partial charge is 0.243 e. The number of thiophene rings is 1. The molecule has 0 N–H and O–H groups in total. The molecule has 0 saturated heterocycles. The lowest BCUT2D eigenvalue weighted by Crippen LogP contribution is -2.30. The van der Waals surface area contributed by atoms with E-state index in [-0.39, 0.29) is 9.79 Å². The first kappa shape index (κ1) is 17.1. The van der Waals surface area contributed by atoms with Crippen LogP contribution in [0.15, 0.2) is 51.6 Å². The van der Waals surface area contributed by atoms with E-state index in [1.165, 1.54) is 39.9 Å². The first-order chi connectivity index (χ1) is 10.2. The number of nitrogens with zero attached hydrogens (tertiary/aromatic N) is 1. The van der Waals surface area contributed by atoms with Gasteiger partial charge in [-0.2, -0.15) is 4.31 Å². The van der Waals surface area contributed by atoms with Gasteiger partial charge in [0.1, 0.15) is 0 Å². The van der Waals surface area contributed by atoms with Gasteiger partial charge in [-0.05, 0) is 35.7 Å². The molecule has 0 atom stereocenters. The highest BCUT2D eigenvalue weighted by Gasteiger charge is 2.24. The van der Waals surface area contributed by atoms with Crippen molar-refractivity contribution < 1.29 is 16.8 Å². The predicted octanol–water partition coefficient (Wildman–Crippen LogP) is 2.36. The Morgan fingerprint density at radius 1 is 1.00 bits per heavy atom. The number of sulfonamides is 1. The maximum atomic E-state index is 12.6. The summed E-state index contributed by atoms with van der Waals surface area (Å²) >= 11 is 1.50. The number of benzene rings is 1. The van der Waals surface area contributed by atoms with Gasteiger partial charge in [-0.3, -0.25) is 0 Å². The lowest BCUT2D eigenvalue weighted by molar-refractivity contribution is 0.426. The van der Waals surface area contributed by atoms with E-state index in [4.69, 9.17) is 0 Å². The first-order valence-corrected chi connectivity index (χ1v) is 10.8. The molecule has 0 radical (unpaired) electrons. The number of sulfone groups is 1. The molecule has 0 aliphatic rings. The molecule has 0 spiro atoms.